The minimum absolute atomic E-state index is 0.253. The quantitative estimate of drug-likeness (QED) is 0.836. The van der Waals surface area contributed by atoms with Crippen molar-refractivity contribution in [3.8, 4) is 5.75 Å². The highest BCUT2D eigenvalue weighted by Gasteiger charge is 2.15. The van der Waals surface area contributed by atoms with E-state index in [2.05, 4.69) is 23.3 Å². The minimum atomic E-state index is 0.253. The van der Waals surface area contributed by atoms with Gasteiger partial charge in [-0.05, 0) is 37.1 Å². The van der Waals surface area contributed by atoms with Gasteiger partial charge in [0, 0.05) is 28.7 Å². The number of rotatable bonds is 7. The molecule has 2 aromatic heterocycles. The van der Waals surface area contributed by atoms with Gasteiger partial charge in [-0.15, -0.1) is 11.3 Å². The molecular weight excluding hydrogens is 292 g/mol. The van der Waals surface area contributed by atoms with Crippen LogP contribution in [-0.2, 0) is 6.42 Å². The zero-order chi connectivity index (χ0) is 14.4. The number of hydrogen-bond donors (Lipinski definition) is 1. The first-order valence-corrected chi connectivity index (χ1v) is 7.94. The Kier molecular flexibility index (Phi) is 5.83. The molecule has 5 heteroatoms. The van der Waals surface area contributed by atoms with Gasteiger partial charge in [0.2, 0.25) is 0 Å². The lowest BCUT2D eigenvalue weighted by Gasteiger charge is -2.17. The summed E-state index contributed by atoms with van der Waals surface area (Å²) in [5.41, 5.74) is 1.11. The first-order valence-electron chi connectivity index (χ1n) is 6.68. The Morgan fingerprint density at radius 3 is 3.00 bits per heavy atom. The van der Waals surface area contributed by atoms with Crippen LogP contribution in [0, 0.1) is 0 Å². The maximum Gasteiger partial charge on any atom is 0.129 e. The van der Waals surface area contributed by atoms with Crippen LogP contribution in [0.25, 0.3) is 0 Å². The van der Waals surface area contributed by atoms with Crippen molar-refractivity contribution in [3.63, 3.8) is 0 Å². The van der Waals surface area contributed by atoms with Crippen LogP contribution < -0.4 is 10.1 Å². The number of halogens is 1. The van der Waals surface area contributed by atoms with Crippen LogP contribution in [0.15, 0.2) is 29.9 Å². The molecule has 0 bridgehead atoms. The number of hydrogen-bond acceptors (Lipinski definition) is 4. The summed E-state index contributed by atoms with van der Waals surface area (Å²) in [5.74, 6) is 0.911. The Bertz CT molecular complexity index is 544. The molecule has 0 saturated carbocycles. The van der Waals surface area contributed by atoms with E-state index in [9.17, 15) is 0 Å². The molecule has 0 radical (unpaired) electrons. The first kappa shape index (κ1) is 15.3. The molecule has 0 aromatic carbocycles. The Hall–Kier alpha value is -1.10. The smallest absolute Gasteiger partial charge is 0.129 e. The van der Waals surface area contributed by atoms with E-state index >= 15 is 0 Å². The van der Waals surface area contributed by atoms with Gasteiger partial charge in [0.1, 0.15) is 5.75 Å². The van der Waals surface area contributed by atoms with Crippen LogP contribution >= 0.6 is 22.9 Å². The Morgan fingerprint density at radius 1 is 1.50 bits per heavy atom. The average molecular weight is 311 g/mol. The van der Waals surface area contributed by atoms with Crippen molar-refractivity contribution in [1.29, 1.82) is 0 Å². The number of ether oxygens (including phenoxy) is 1. The predicted octanol–water partition coefficient (Wildman–Crippen LogP) is 4.09. The maximum absolute atomic E-state index is 6.21. The van der Waals surface area contributed by atoms with Gasteiger partial charge in [-0.2, -0.15) is 0 Å². The normalized spacial score (nSPS) is 12.3. The van der Waals surface area contributed by atoms with Crippen LogP contribution in [0.5, 0.6) is 5.75 Å². The van der Waals surface area contributed by atoms with Crippen molar-refractivity contribution in [2.24, 2.45) is 0 Å². The molecule has 108 valence electrons. The summed E-state index contributed by atoms with van der Waals surface area (Å²) in [5, 5.41) is 6.33. The largest absolute Gasteiger partial charge is 0.496 e. The summed E-state index contributed by atoms with van der Waals surface area (Å²) in [6, 6.07) is 4.32. The monoisotopic (exact) mass is 310 g/mol. The third-order valence-corrected chi connectivity index (χ3v) is 4.46. The highest BCUT2D eigenvalue weighted by Crippen LogP contribution is 2.30. The van der Waals surface area contributed by atoms with E-state index in [1.54, 1.807) is 30.8 Å². The van der Waals surface area contributed by atoms with E-state index in [1.807, 2.05) is 11.4 Å². The van der Waals surface area contributed by atoms with E-state index in [0.29, 0.717) is 0 Å². The number of pyridine rings is 1. The van der Waals surface area contributed by atoms with Crippen LogP contribution in [0.2, 0.25) is 5.02 Å². The molecule has 0 aliphatic rings. The van der Waals surface area contributed by atoms with Crippen molar-refractivity contribution in [1.82, 2.24) is 10.3 Å². The second-order valence-corrected chi connectivity index (χ2v) is 5.92. The summed E-state index contributed by atoms with van der Waals surface area (Å²) in [6.45, 7) is 3.14. The third-order valence-electron chi connectivity index (χ3n) is 3.10. The van der Waals surface area contributed by atoms with E-state index in [1.165, 1.54) is 4.88 Å². The average Bonchev–Trinajstić information content (AvgIpc) is 2.94. The summed E-state index contributed by atoms with van der Waals surface area (Å²) in [4.78, 5) is 5.30. The van der Waals surface area contributed by atoms with E-state index in [0.717, 1.165) is 35.7 Å². The van der Waals surface area contributed by atoms with Gasteiger partial charge in [0.15, 0.2) is 0 Å². The van der Waals surface area contributed by atoms with Gasteiger partial charge in [0.25, 0.3) is 0 Å². The second kappa shape index (κ2) is 7.62. The molecule has 3 nitrogen and oxygen atoms in total. The van der Waals surface area contributed by atoms with Crippen molar-refractivity contribution < 1.29 is 4.74 Å². The Balaban J connectivity index is 2.17. The van der Waals surface area contributed by atoms with Gasteiger partial charge in [-0.25, -0.2) is 0 Å². The fourth-order valence-corrected chi connectivity index (χ4v) is 3.13. The molecule has 1 N–H and O–H groups in total. The molecule has 1 atom stereocenters. The lowest BCUT2D eigenvalue weighted by atomic mass is 10.1. The number of thiophene rings is 1. The molecule has 0 spiro atoms. The summed E-state index contributed by atoms with van der Waals surface area (Å²) >= 11 is 7.92. The van der Waals surface area contributed by atoms with E-state index < -0.39 is 0 Å². The molecule has 0 saturated heterocycles. The molecule has 0 aliphatic carbocycles. The van der Waals surface area contributed by atoms with Crippen molar-refractivity contribution in [2.45, 2.75) is 25.8 Å². The molecule has 0 aliphatic heterocycles. The van der Waals surface area contributed by atoms with Crippen LogP contribution in [-0.4, -0.2) is 18.6 Å². The maximum atomic E-state index is 6.21. The lowest BCUT2D eigenvalue weighted by Crippen LogP contribution is -2.23. The van der Waals surface area contributed by atoms with Gasteiger partial charge >= 0.3 is 0 Å². The molecule has 2 heterocycles. The fraction of sp³-hybridized carbons (Fsp3) is 0.400. The van der Waals surface area contributed by atoms with Gasteiger partial charge < -0.3 is 10.1 Å². The third kappa shape index (κ3) is 3.95. The van der Waals surface area contributed by atoms with Crippen molar-refractivity contribution in [2.75, 3.05) is 13.7 Å². The van der Waals surface area contributed by atoms with Crippen LogP contribution in [0.1, 0.15) is 29.8 Å². The highest BCUT2D eigenvalue weighted by atomic mass is 35.5. The molecule has 2 aromatic rings. The topological polar surface area (TPSA) is 34.2 Å². The van der Waals surface area contributed by atoms with Gasteiger partial charge in [0.05, 0.1) is 12.1 Å². The number of methoxy groups -OCH3 is 1. The molecule has 0 fully saturated rings. The van der Waals surface area contributed by atoms with Gasteiger partial charge in [-0.1, -0.05) is 18.5 Å². The van der Waals surface area contributed by atoms with Crippen molar-refractivity contribution in [3.05, 3.63) is 45.4 Å². The molecule has 20 heavy (non-hydrogen) atoms. The summed E-state index contributed by atoms with van der Waals surface area (Å²) in [7, 11) is 1.69. The highest BCUT2D eigenvalue weighted by molar-refractivity contribution is 7.10. The zero-order valence-corrected chi connectivity index (χ0v) is 13.3. The molecule has 1 unspecified atom stereocenters. The number of aromatic nitrogens is 1. The standard InChI is InChI=1S/C15H19ClN2OS/c1-3-5-18-14(15-8-12(19-2)10-20-15)7-11-4-6-17-9-13(11)16/h4,6,8-10,14,18H,3,5,7H2,1-2H3. The fourth-order valence-electron chi connectivity index (χ4n) is 2.01. The van der Waals surface area contributed by atoms with Gasteiger partial charge in [-0.3, -0.25) is 4.98 Å². The molecule has 2 rings (SSSR count). The lowest BCUT2D eigenvalue weighted by molar-refractivity contribution is 0.415. The summed E-state index contributed by atoms with van der Waals surface area (Å²) < 4.78 is 5.27. The number of nitrogens with zero attached hydrogens (tertiary/aromatic N) is 1. The first-order chi connectivity index (χ1) is 9.74. The minimum Gasteiger partial charge on any atom is -0.496 e. The van der Waals surface area contributed by atoms with E-state index in [-0.39, 0.29) is 6.04 Å². The van der Waals surface area contributed by atoms with E-state index in [4.69, 9.17) is 16.3 Å². The molecule has 0 amide bonds. The zero-order valence-electron chi connectivity index (χ0n) is 11.7. The van der Waals surface area contributed by atoms with Crippen molar-refractivity contribution >= 4 is 22.9 Å². The SMILES string of the molecule is CCCNC(Cc1ccncc1Cl)c1cc(OC)cs1. The number of nitrogens with one attached hydrogen (secondary N) is 1. The predicted molar refractivity (Wildman–Crippen MR) is 84.9 cm³/mol. The molecular formula is C15H19ClN2OS. The Labute approximate surface area is 129 Å². The van der Waals surface area contributed by atoms with Crippen LogP contribution in [0.3, 0.4) is 0 Å². The second-order valence-electron chi connectivity index (χ2n) is 4.57. The summed E-state index contributed by atoms with van der Waals surface area (Å²) in [6.07, 6.45) is 5.43. The Morgan fingerprint density at radius 2 is 2.35 bits per heavy atom. The van der Waals surface area contributed by atoms with Crippen LogP contribution in [0.4, 0.5) is 0 Å².